The zero-order valence-corrected chi connectivity index (χ0v) is 15.6. The van der Waals surface area contributed by atoms with Gasteiger partial charge in [-0.3, -0.25) is 4.98 Å². The van der Waals surface area contributed by atoms with Crippen LogP contribution in [0.1, 0.15) is 25.3 Å². The van der Waals surface area contributed by atoms with Gasteiger partial charge < -0.3 is 15.5 Å². The van der Waals surface area contributed by atoms with E-state index in [1.807, 2.05) is 12.1 Å². The molecule has 25 heavy (non-hydrogen) atoms. The van der Waals surface area contributed by atoms with Crippen molar-refractivity contribution < 1.29 is 0 Å². The molecule has 1 fully saturated rings. The highest BCUT2D eigenvalue weighted by Gasteiger charge is 2.19. The summed E-state index contributed by atoms with van der Waals surface area (Å²) in [6.45, 7) is 4.81. The van der Waals surface area contributed by atoms with Crippen LogP contribution >= 0.6 is 23.8 Å². The fourth-order valence-electron chi connectivity index (χ4n) is 2.85. The largest absolute Gasteiger partial charge is 0.358 e. The molecule has 1 saturated heterocycles. The van der Waals surface area contributed by atoms with Crippen molar-refractivity contribution in [2.75, 3.05) is 23.3 Å². The smallest absolute Gasteiger partial charge is 0.232 e. The Balaban J connectivity index is 1.62. The predicted octanol–water partition coefficient (Wildman–Crippen LogP) is 3.25. The third kappa shape index (κ3) is 5.24. The number of piperidine rings is 1. The van der Waals surface area contributed by atoms with E-state index >= 15 is 0 Å². The number of aromatic nitrogens is 3. The lowest BCUT2D eigenvalue weighted by atomic mass is 10.0. The topological polar surface area (TPSA) is 66.0 Å². The molecular weight excluding hydrogens is 356 g/mol. The molecule has 3 heterocycles. The average molecular weight is 377 g/mol. The monoisotopic (exact) mass is 376 g/mol. The van der Waals surface area contributed by atoms with Crippen LogP contribution in [-0.2, 0) is 6.54 Å². The van der Waals surface area contributed by atoms with Crippen molar-refractivity contribution >= 4 is 40.7 Å². The number of hydrogen-bond donors (Lipinski definition) is 2. The Morgan fingerprint density at radius 3 is 3.08 bits per heavy atom. The summed E-state index contributed by atoms with van der Waals surface area (Å²) in [5.74, 6) is 1.90. The van der Waals surface area contributed by atoms with E-state index in [0.29, 0.717) is 28.7 Å². The quantitative estimate of drug-likeness (QED) is 0.627. The van der Waals surface area contributed by atoms with Gasteiger partial charge >= 0.3 is 0 Å². The molecule has 0 aromatic carbocycles. The summed E-state index contributed by atoms with van der Waals surface area (Å²) >= 11 is 11.5. The summed E-state index contributed by atoms with van der Waals surface area (Å²) in [6.07, 6.45) is 5.95. The average Bonchev–Trinajstić information content (AvgIpc) is 2.60. The van der Waals surface area contributed by atoms with Crippen molar-refractivity contribution in [1.82, 2.24) is 20.3 Å². The van der Waals surface area contributed by atoms with Gasteiger partial charge in [-0.15, -0.1) is 0 Å². The normalized spacial score (nSPS) is 17.2. The van der Waals surface area contributed by atoms with Crippen LogP contribution in [-0.4, -0.2) is 33.2 Å². The summed E-state index contributed by atoms with van der Waals surface area (Å²) in [7, 11) is 0. The van der Waals surface area contributed by atoms with Crippen LogP contribution in [0.5, 0.6) is 0 Å². The highest BCUT2D eigenvalue weighted by molar-refractivity contribution is 7.80. The van der Waals surface area contributed by atoms with Crippen molar-refractivity contribution in [3.63, 3.8) is 0 Å². The van der Waals surface area contributed by atoms with Gasteiger partial charge in [0.05, 0.1) is 0 Å². The van der Waals surface area contributed by atoms with Crippen molar-refractivity contribution in [3.8, 4) is 0 Å². The van der Waals surface area contributed by atoms with Gasteiger partial charge in [-0.2, -0.15) is 4.98 Å². The van der Waals surface area contributed by atoms with Crippen LogP contribution in [0.2, 0.25) is 5.15 Å². The van der Waals surface area contributed by atoms with Crippen LogP contribution < -0.4 is 15.5 Å². The van der Waals surface area contributed by atoms with Gasteiger partial charge in [-0.05, 0) is 42.6 Å². The first-order chi connectivity index (χ1) is 12.1. The molecular formula is C17H21ClN6S. The minimum absolute atomic E-state index is 0.404. The molecule has 0 amide bonds. The lowest BCUT2D eigenvalue weighted by Crippen LogP contribution is -2.35. The predicted molar refractivity (Wildman–Crippen MR) is 105 cm³/mol. The van der Waals surface area contributed by atoms with E-state index in [2.05, 4.69) is 37.4 Å². The van der Waals surface area contributed by atoms with E-state index in [1.54, 1.807) is 18.5 Å². The molecule has 0 bridgehead atoms. The van der Waals surface area contributed by atoms with Crippen LogP contribution in [0.3, 0.4) is 0 Å². The van der Waals surface area contributed by atoms with Gasteiger partial charge in [0, 0.05) is 38.1 Å². The Morgan fingerprint density at radius 1 is 1.44 bits per heavy atom. The van der Waals surface area contributed by atoms with Gasteiger partial charge in [0.1, 0.15) is 11.0 Å². The van der Waals surface area contributed by atoms with E-state index < -0.39 is 0 Å². The molecule has 1 atom stereocenters. The molecule has 6 nitrogen and oxygen atoms in total. The Hall–Kier alpha value is -1.99. The maximum Gasteiger partial charge on any atom is 0.232 e. The Morgan fingerprint density at radius 2 is 2.32 bits per heavy atom. The van der Waals surface area contributed by atoms with Gasteiger partial charge in [0.25, 0.3) is 0 Å². The van der Waals surface area contributed by atoms with E-state index in [0.717, 1.165) is 30.9 Å². The van der Waals surface area contributed by atoms with E-state index in [4.69, 9.17) is 23.8 Å². The van der Waals surface area contributed by atoms with Crippen LogP contribution in [0.15, 0.2) is 30.6 Å². The fourth-order valence-corrected chi connectivity index (χ4v) is 3.19. The number of anilines is 2. The van der Waals surface area contributed by atoms with E-state index in [1.165, 1.54) is 6.42 Å². The zero-order valence-electron chi connectivity index (χ0n) is 14.1. The van der Waals surface area contributed by atoms with Crippen LogP contribution in [0.4, 0.5) is 11.8 Å². The highest BCUT2D eigenvalue weighted by Crippen LogP contribution is 2.24. The molecule has 0 spiro atoms. The summed E-state index contributed by atoms with van der Waals surface area (Å²) in [4.78, 5) is 15.1. The molecule has 0 aliphatic carbocycles. The number of halogens is 1. The second-order valence-electron chi connectivity index (χ2n) is 6.23. The molecule has 0 unspecified atom stereocenters. The number of pyridine rings is 1. The van der Waals surface area contributed by atoms with Gasteiger partial charge in [0.15, 0.2) is 5.11 Å². The molecule has 0 radical (unpaired) electrons. The summed E-state index contributed by atoms with van der Waals surface area (Å²) in [6, 6.07) is 5.67. The zero-order chi connectivity index (χ0) is 17.6. The van der Waals surface area contributed by atoms with Gasteiger partial charge in [0.2, 0.25) is 5.95 Å². The Kier molecular flexibility index (Phi) is 5.99. The molecule has 2 N–H and O–H groups in total. The second kappa shape index (κ2) is 8.40. The molecule has 132 valence electrons. The van der Waals surface area contributed by atoms with Crippen molar-refractivity contribution in [2.24, 2.45) is 5.92 Å². The summed E-state index contributed by atoms with van der Waals surface area (Å²) in [5, 5.41) is 6.98. The second-order valence-corrected chi connectivity index (χ2v) is 7.03. The first-order valence-corrected chi connectivity index (χ1v) is 9.12. The summed E-state index contributed by atoms with van der Waals surface area (Å²) in [5.41, 5.74) is 1.04. The number of thiocarbonyl (C=S) groups is 1. The van der Waals surface area contributed by atoms with Crippen molar-refractivity contribution in [1.29, 1.82) is 0 Å². The van der Waals surface area contributed by atoms with E-state index in [-0.39, 0.29) is 0 Å². The van der Waals surface area contributed by atoms with Gasteiger partial charge in [-0.1, -0.05) is 24.6 Å². The van der Waals surface area contributed by atoms with Crippen molar-refractivity contribution in [2.45, 2.75) is 26.3 Å². The maximum absolute atomic E-state index is 6.17. The number of hydrogen-bond acceptors (Lipinski definition) is 5. The van der Waals surface area contributed by atoms with Crippen LogP contribution in [0, 0.1) is 5.92 Å². The number of rotatable bonds is 4. The van der Waals surface area contributed by atoms with Gasteiger partial charge in [-0.25, -0.2) is 4.98 Å². The number of nitrogens with zero attached hydrogens (tertiary/aromatic N) is 4. The fraction of sp³-hybridized carbons (Fsp3) is 0.412. The Bertz CT molecular complexity index is 726. The third-order valence-electron chi connectivity index (χ3n) is 4.06. The SMILES string of the molecule is C[C@@H]1CCCN(c2cc(Cl)nc(NC(=S)NCc3cccnc3)n2)C1. The molecule has 1 aliphatic rings. The third-order valence-corrected chi connectivity index (χ3v) is 4.50. The molecule has 2 aromatic heterocycles. The first kappa shape index (κ1) is 17.8. The van der Waals surface area contributed by atoms with Crippen molar-refractivity contribution in [3.05, 3.63) is 41.3 Å². The molecule has 0 saturated carbocycles. The van der Waals surface area contributed by atoms with Crippen LogP contribution in [0.25, 0.3) is 0 Å². The first-order valence-electron chi connectivity index (χ1n) is 8.33. The Labute approximate surface area is 158 Å². The standard InChI is InChI=1S/C17H21ClN6S/c1-12-4-3-7-24(11-12)15-8-14(18)21-16(22-15)23-17(25)20-10-13-5-2-6-19-9-13/h2,5-6,8-9,12H,3-4,7,10-11H2,1H3,(H2,20,21,22,23,25)/t12-/m1/s1. The molecule has 2 aromatic rings. The number of nitrogens with one attached hydrogen (secondary N) is 2. The molecule has 3 rings (SSSR count). The maximum atomic E-state index is 6.17. The minimum atomic E-state index is 0.404. The molecule has 8 heteroatoms. The lowest BCUT2D eigenvalue weighted by molar-refractivity contribution is 0.444. The highest BCUT2D eigenvalue weighted by atomic mass is 35.5. The molecule has 1 aliphatic heterocycles. The lowest BCUT2D eigenvalue weighted by Gasteiger charge is -2.32. The van der Waals surface area contributed by atoms with E-state index in [9.17, 15) is 0 Å². The minimum Gasteiger partial charge on any atom is -0.358 e. The summed E-state index contributed by atoms with van der Waals surface area (Å²) < 4.78 is 0.